The first-order valence-electron chi connectivity index (χ1n) is 6.17. The van der Waals surface area contributed by atoms with Crippen molar-refractivity contribution in [1.29, 1.82) is 0 Å². The third-order valence-corrected chi connectivity index (χ3v) is 2.81. The molecule has 19 heavy (non-hydrogen) atoms. The summed E-state index contributed by atoms with van der Waals surface area (Å²) in [5, 5.41) is 13.7. The number of H-pyrrole nitrogens is 1. The highest BCUT2D eigenvalue weighted by molar-refractivity contribution is 5.90. The minimum Gasteiger partial charge on any atom is -0.345 e. The van der Waals surface area contributed by atoms with Crippen LogP contribution in [0.1, 0.15) is 47.5 Å². The van der Waals surface area contributed by atoms with Crippen molar-refractivity contribution in [2.45, 2.75) is 33.2 Å². The highest BCUT2D eigenvalue weighted by atomic mass is 16.2. The summed E-state index contributed by atoms with van der Waals surface area (Å²) in [6.45, 7) is 6.30. The third kappa shape index (κ3) is 2.98. The van der Waals surface area contributed by atoms with Crippen LogP contribution in [0.2, 0.25) is 0 Å². The number of hydrogen-bond donors (Lipinski definition) is 2. The molecule has 0 fully saturated rings. The van der Waals surface area contributed by atoms with Crippen molar-refractivity contribution in [3.63, 3.8) is 0 Å². The van der Waals surface area contributed by atoms with E-state index in [4.69, 9.17) is 0 Å². The number of carbonyl (C=O) groups is 1. The van der Waals surface area contributed by atoms with Crippen LogP contribution in [0.15, 0.2) is 6.20 Å². The number of nitrogens with one attached hydrogen (secondary N) is 2. The van der Waals surface area contributed by atoms with Gasteiger partial charge in [0, 0.05) is 31.3 Å². The van der Waals surface area contributed by atoms with Crippen LogP contribution in [-0.2, 0) is 13.6 Å². The van der Waals surface area contributed by atoms with Gasteiger partial charge in [0.2, 0.25) is 5.82 Å². The Morgan fingerprint density at radius 2 is 2.26 bits per heavy atom. The van der Waals surface area contributed by atoms with E-state index in [0.29, 0.717) is 12.4 Å². The maximum Gasteiger partial charge on any atom is 0.291 e. The Morgan fingerprint density at radius 1 is 1.53 bits per heavy atom. The summed E-state index contributed by atoms with van der Waals surface area (Å²) in [5.41, 5.74) is 1.89. The Hall–Kier alpha value is -2.18. The molecule has 102 valence electrons. The van der Waals surface area contributed by atoms with Crippen LogP contribution in [0, 0.1) is 6.92 Å². The summed E-state index contributed by atoms with van der Waals surface area (Å²) >= 11 is 0. The smallest absolute Gasteiger partial charge is 0.291 e. The molecule has 2 N–H and O–H groups in total. The standard InChI is InChI=1S/C12H18N6O/c1-7(2)10-14-11(16-15-10)12(19)13-5-9-6-18(4)17-8(9)3/h6-7H,5H2,1-4H3,(H,13,19)(H,14,15,16). The van der Waals surface area contributed by atoms with Crippen LogP contribution in [-0.4, -0.2) is 30.9 Å². The Morgan fingerprint density at radius 3 is 2.79 bits per heavy atom. The average molecular weight is 262 g/mol. The zero-order chi connectivity index (χ0) is 14.0. The lowest BCUT2D eigenvalue weighted by atomic mass is 10.2. The Kier molecular flexibility index (Phi) is 3.64. The number of hydrogen-bond acceptors (Lipinski definition) is 4. The molecule has 0 unspecified atom stereocenters. The number of aromatic nitrogens is 5. The first-order valence-corrected chi connectivity index (χ1v) is 6.17. The number of rotatable bonds is 4. The number of amides is 1. The molecule has 7 nitrogen and oxygen atoms in total. The van der Waals surface area contributed by atoms with Gasteiger partial charge in [0.15, 0.2) is 0 Å². The zero-order valence-electron chi connectivity index (χ0n) is 11.6. The molecule has 0 aliphatic heterocycles. The van der Waals surface area contributed by atoms with Gasteiger partial charge in [0.25, 0.3) is 5.91 Å². The summed E-state index contributed by atoms with van der Waals surface area (Å²) in [4.78, 5) is 16.0. The van der Waals surface area contributed by atoms with Crippen molar-refractivity contribution in [3.05, 3.63) is 29.1 Å². The van der Waals surface area contributed by atoms with Crippen molar-refractivity contribution in [2.75, 3.05) is 0 Å². The van der Waals surface area contributed by atoms with Crippen LogP contribution >= 0.6 is 0 Å². The molecule has 1 amide bonds. The molecular weight excluding hydrogens is 244 g/mol. The van der Waals surface area contributed by atoms with E-state index in [1.165, 1.54) is 0 Å². The van der Waals surface area contributed by atoms with E-state index in [2.05, 4.69) is 25.6 Å². The second-order valence-electron chi connectivity index (χ2n) is 4.80. The minimum atomic E-state index is -0.286. The topological polar surface area (TPSA) is 88.5 Å². The van der Waals surface area contributed by atoms with Gasteiger partial charge in [-0.1, -0.05) is 13.8 Å². The van der Waals surface area contributed by atoms with Gasteiger partial charge >= 0.3 is 0 Å². The highest BCUT2D eigenvalue weighted by Crippen LogP contribution is 2.08. The lowest BCUT2D eigenvalue weighted by Gasteiger charge is -2.00. The molecule has 0 atom stereocenters. The number of carbonyl (C=O) groups excluding carboxylic acids is 1. The minimum absolute atomic E-state index is 0.172. The third-order valence-electron chi connectivity index (χ3n) is 2.81. The SMILES string of the molecule is Cc1nn(C)cc1CNC(=O)c1n[nH]c(C(C)C)n1. The van der Waals surface area contributed by atoms with E-state index in [9.17, 15) is 4.79 Å². The second-order valence-corrected chi connectivity index (χ2v) is 4.80. The van der Waals surface area contributed by atoms with Crippen molar-refractivity contribution < 1.29 is 4.79 Å². The summed E-state index contributed by atoms with van der Waals surface area (Å²) in [7, 11) is 1.85. The normalized spacial score (nSPS) is 11.0. The maximum atomic E-state index is 11.9. The van der Waals surface area contributed by atoms with Crippen LogP contribution < -0.4 is 5.32 Å². The van der Waals surface area contributed by atoms with Crippen molar-refractivity contribution >= 4 is 5.91 Å². The van der Waals surface area contributed by atoms with Crippen molar-refractivity contribution in [3.8, 4) is 0 Å². The van der Waals surface area contributed by atoms with Crippen LogP contribution in [0.25, 0.3) is 0 Å². The van der Waals surface area contributed by atoms with Gasteiger partial charge in [0.1, 0.15) is 5.82 Å². The molecule has 0 radical (unpaired) electrons. The second kappa shape index (κ2) is 5.21. The number of aryl methyl sites for hydroxylation is 2. The quantitative estimate of drug-likeness (QED) is 0.856. The van der Waals surface area contributed by atoms with Gasteiger partial charge in [-0.2, -0.15) is 5.10 Å². The average Bonchev–Trinajstić information content (AvgIpc) is 2.93. The molecule has 0 aromatic carbocycles. The van der Waals surface area contributed by atoms with E-state index in [1.807, 2.05) is 34.0 Å². The summed E-state index contributed by atoms with van der Waals surface area (Å²) < 4.78 is 1.72. The van der Waals surface area contributed by atoms with Gasteiger partial charge in [-0.15, -0.1) is 5.10 Å². The molecule has 0 saturated carbocycles. The fourth-order valence-electron chi connectivity index (χ4n) is 1.71. The van der Waals surface area contributed by atoms with Gasteiger partial charge in [-0.25, -0.2) is 4.98 Å². The maximum absolute atomic E-state index is 11.9. The summed E-state index contributed by atoms with van der Waals surface area (Å²) in [6.07, 6.45) is 1.88. The van der Waals surface area contributed by atoms with Gasteiger partial charge < -0.3 is 5.32 Å². The first kappa shape index (κ1) is 13.3. The molecule has 0 aliphatic carbocycles. The summed E-state index contributed by atoms with van der Waals surface area (Å²) in [5.74, 6) is 0.814. The van der Waals surface area contributed by atoms with Crippen molar-refractivity contribution in [1.82, 2.24) is 30.3 Å². The van der Waals surface area contributed by atoms with Crippen LogP contribution in [0.3, 0.4) is 0 Å². The molecule has 0 bridgehead atoms. The lowest BCUT2D eigenvalue weighted by molar-refractivity contribution is 0.0941. The molecule has 2 aromatic rings. The lowest BCUT2D eigenvalue weighted by Crippen LogP contribution is -2.24. The predicted molar refractivity (Wildman–Crippen MR) is 69.6 cm³/mol. The Balaban J connectivity index is 1.99. The fourth-order valence-corrected chi connectivity index (χ4v) is 1.71. The Labute approximate surface area is 111 Å². The molecule has 0 spiro atoms. The van der Waals surface area contributed by atoms with E-state index in [1.54, 1.807) is 4.68 Å². The van der Waals surface area contributed by atoms with Gasteiger partial charge in [-0.05, 0) is 6.92 Å². The zero-order valence-corrected chi connectivity index (χ0v) is 11.6. The monoisotopic (exact) mass is 262 g/mol. The van der Waals surface area contributed by atoms with Gasteiger partial charge in [-0.3, -0.25) is 14.6 Å². The van der Waals surface area contributed by atoms with E-state index >= 15 is 0 Å². The molecule has 2 rings (SSSR count). The van der Waals surface area contributed by atoms with Gasteiger partial charge in [0.05, 0.1) is 5.69 Å². The number of aromatic amines is 1. The molecule has 0 saturated heterocycles. The van der Waals surface area contributed by atoms with Crippen molar-refractivity contribution in [2.24, 2.45) is 7.05 Å². The van der Waals surface area contributed by atoms with E-state index < -0.39 is 0 Å². The molecule has 7 heteroatoms. The molecular formula is C12H18N6O. The van der Waals surface area contributed by atoms with E-state index in [-0.39, 0.29) is 17.6 Å². The summed E-state index contributed by atoms with van der Waals surface area (Å²) in [6, 6.07) is 0. The Bertz CT molecular complexity index is 583. The highest BCUT2D eigenvalue weighted by Gasteiger charge is 2.14. The predicted octanol–water partition coefficient (Wildman–Crippen LogP) is 0.900. The fraction of sp³-hybridized carbons (Fsp3) is 0.500. The molecule has 0 aliphatic rings. The first-order chi connectivity index (χ1) is 8.97. The number of nitrogens with zero attached hydrogens (tertiary/aromatic N) is 4. The van der Waals surface area contributed by atoms with Crippen LogP contribution in [0.4, 0.5) is 0 Å². The molecule has 2 aromatic heterocycles. The largest absolute Gasteiger partial charge is 0.345 e. The van der Waals surface area contributed by atoms with E-state index in [0.717, 1.165) is 11.3 Å². The van der Waals surface area contributed by atoms with Crippen LogP contribution in [0.5, 0.6) is 0 Å². The molecule has 2 heterocycles.